The lowest BCUT2D eigenvalue weighted by molar-refractivity contribution is -0.138. The first kappa shape index (κ1) is 29.5. The van der Waals surface area contributed by atoms with Gasteiger partial charge in [-0.1, -0.05) is 24.3 Å². The molecule has 2 aliphatic rings. The number of piperazine rings is 1. The molecular formula is C29H23F4N9O3. The van der Waals surface area contributed by atoms with Crippen molar-refractivity contribution in [3.8, 4) is 11.8 Å². The molecule has 4 aromatic rings. The molecule has 12 nitrogen and oxygen atoms in total. The standard InChI is InChI=1S/C29H23F4N9O3/c30-25-21(27(44)40-5-7-41(8-6-40)28-36-11-17(10-34)12-37-28)9-19(13-35-25)45-16-23-20-4-2-1-3-18(20)15-42(23)22-14-38-39-26(43)24(22)29(31,32)33/h1-4,9,11-14,23H,5-8,15-16H2,(H,39,43). The zero-order chi connectivity index (χ0) is 31.7. The summed E-state index contributed by atoms with van der Waals surface area (Å²) in [6.07, 6.45) is -0.0917. The van der Waals surface area contributed by atoms with E-state index >= 15 is 0 Å². The smallest absolute Gasteiger partial charge is 0.423 e. The number of rotatable bonds is 6. The van der Waals surface area contributed by atoms with Crippen LogP contribution in [0.5, 0.6) is 5.75 Å². The molecule has 45 heavy (non-hydrogen) atoms. The van der Waals surface area contributed by atoms with Gasteiger partial charge in [0.2, 0.25) is 11.9 Å². The maximum absolute atomic E-state index is 14.8. The van der Waals surface area contributed by atoms with Crippen LogP contribution in [0.4, 0.5) is 29.2 Å². The van der Waals surface area contributed by atoms with Crippen LogP contribution in [0.2, 0.25) is 0 Å². The van der Waals surface area contributed by atoms with Crippen molar-refractivity contribution in [3.63, 3.8) is 0 Å². The number of halogens is 4. The molecule has 0 radical (unpaired) electrons. The van der Waals surface area contributed by atoms with E-state index in [2.05, 4.69) is 20.1 Å². The summed E-state index contributed by atoms with van der Waals surface area (Å²) in [6, 6.07) is 9.39. The molecule has 1 N–H and O–H groups in total. The molecule has 0 aliphatic carbocycles. The molecule has 1 atom stereocenters. The van der Waals surface area contributed by atoms with Crippen molar-refractivity contribution in [1.29, 1.82) is 5.26 Å². The summed E-state index contributed by atoms with van der Waals surface area (Å²) in [4.78, 5) is 42.1. The maximum atomic E-state index is 14.8. The Bertz CT molecular complexity index is 1830. The number of alkyl halides is 3. The number of H-pyrrole nitrogens is 1. The number of anilines is 2. The average Bonchev–Trinajstić information content (AvgIpc) is 3.42. The minimum atomic E-state index is -4.94. The second-order valence-electron chi connectivity index (χ2n) is 10.3. The van der Waals surface area contributed by atoms with Gasteiger partial charge in [-0.3, -0.25) is 9.59 Å². The highest BCUT2D eigenvalue weighted by Crippen LogP contribution is 2.42. The average molecular weight is 622 g/mol. The third-order valence-corrected chi connectivity index (χ3v) is 7.63. The summed E-state index contributed by atoms with van der Waals surface area (Å²) >= 11 is 0. The molecule has 3 aromatic heterocycles. The maximum Gasteiger partial charge on any atom is 0.423 e. The van der Waals surface area contributed by atoms with Crippen molar-refractivity contribution in [1.82, 2.24) is 30.0 Å². The number of carbonyl (C=O) groups excluding carboxylic acids is 1. The lowest BCUT2D eigenvalue weighted by Gasteiger charge is -2.34. The molecule has 1 fully saturated rings. The molecule has 1 aromatic carbocycles. The molecule has 6 rings (SSSR count). The molecule has 0 spiro atoms. The molecule has 1 saturated heterocycles. The second kappa shape index (κ2) is 11.8. The number of amides is 1. The van der Waals surface area contributed by atoms with Crippen LogP contribution in [0.15, 0.2) is 59.9 Å². The lowest BCUT2D eigenvalue weighted by atomic mass is 10.1. The number of nitrogens with one attached hydrogen (secondary N) is 1. The van der Waals surface area contributed by atoms with Crippen LogP contribution in [-0.4, -0.2) is 68.7 Å². The number of benzene rings is 1. The SMILES string of the molecule is N#Cc1cnc(N2CCN(C(=O)c3cc(OCC4c5ccccc5CN4c4cn[nH]c(=O)c4C(F)(F)F)cnc3F)CC2)nc1. The first-order chi connectivity index (χ1) is 21.6. The Balaban J connectivity index is 1.19. The van der Waals surface area contributed by atoms with Gasteiger partial charge in [-0.2, -0.15) is 27.9 Å². The first-order valence-corrected chi connectivity index (χ1v) is 13.7. The van der Waals surface area contributed by atoms with Crippen LogP contribution in [0.25, 0.3) is 0 Å². The fourth-order valence-electron chi connectivity index (χ4n) is 5.43. The molecular weight excluding hydrogens is 598 g/mol. The predicted octanol–water partition coefficient (Wildman–Crippen LogP) is 3.09. The Morgan fingerprint density at radius 3 is 2.51 bits per heavy atom. The van der Waals surface area contributed by atoms with Crippen LogP contribution >= 0.6 is 0 Å². The van der Waals surface area contributed by atoms with Gasteiger partial charge >= 0.3 is 6.18 Å². The minimum absolute atomic E-state index is 0.0359. The number of carbonyl (C=O) groups is 1. The first-order valence-electron chi connectivity index (χ1n) is 13.7. The molecule has 0 bridgehead atoms. The van der Waals surface area contributed by atoms with E-state index in [4.69, 9.17) is 10.00 Å². The highest BCUT2D eigenvalue weighted by atomic mass is 19.4. The summed E-state index contributed by atoms with van der Waals surface area (Å²) in [6.45, 7) is 1.08. The van der Waals surface area contributed by atoms with Crippen molar-refractivity contribution in [2.45, 2.75) is 18.8 Å². The summed E-state index contributed by atoms with van der Waals surface area (Å²) in [7, 11) is 0. The fourth-order valence-corrected chi connectivity index (χ4v) is 5.43. The molecule has 2 aliphatic heterocycles. The molecule has 16 heteroatoms. The summed E-state index contributed by atoms with van der Waals surface area (Å²) < 4.78 is 62.4. The number of hydrogen-bond donors (Lipinski definition) is 1. The van der Waals surface area contributed by atoms with Crippen molar-refractivity contribution in [2.75, 3.05) is 42.6 Å². The molecule has 0 saturated carbocycles. The summed E-state index contributed by atoms with van der Waals surface area (Å²) in [5.41, 5.74) is -1.74. The monoisotopic (exact) mass is 621 g/mol. The van der Waals surface area contributed by atoms with Crippen LogP contribution in [0.3, 0.4) is 0 Å². The third kappa shape index (κ3) is 5.84. The molecule has 1 unspecified atom stereocenters. The third-order valence-electron chi connectivity index (χ3n) is 7.63. The van der Waals surface area contributed by atoms with E-state index in [0.29, 0.717) is 30.2 Å². The van der Waals surface area contributed by atoms with Gasteiger partial charge in [-0.05, 0) is 17.2 Å². The number of aromatic amines is 1. The Morgan fingerprint density at radius 2 is 1.80 bits per heavy atom. The number of aromatic nitrogens is 5. The van der Waals surface area contributed by atoms with E-state index in [0.717, 1.165) is 18.0 Å². The summed E-state index contributed by atoms with van der Waals surface area (Å²) in [5.74, 6) is -1.16. The lowest BCUT2D eigenvalue weighted by Crippen LogP contribution is -2.49. The van der Waals surface area contributed by atoms with E-state index in [1.807, 2.05) is 16.1 Å². The van der Waals surface area contributed by atoms with Gasteiger partial charge in [0.1, 0.15) is 24.0 Å². The highest BCUT2D eigenvalue weighted by Gasteiger charge is 2.42. The van der Waals surface area contributed by atoms with Gasteiger partial charge in [0.15, 0.2) is 0 Å². The number of nitriles is 1. The van der Waals surface area contributed by atoms with E-state index in [-0.39, 0.29) is 37.6 Å². The van der Waals surface area contributed by atoms with Gasteiger partial charge in [0.05, 0.1) is 47.6 Å². The van der Waals surface area contributed by atoms with Gasteiger partial charge in [-0.15, -0.1) is 0 Å². The quantitative estimate of drug-likeness (QED) is 0.252. The van der Waals surface area contributed by atoms with Crippen molar-refractivity contribution in [2.24, 2.45) is 0 Å². The predicted molar refractivity (Wildman–Crippen MR) is 150 cm³/mol. The molecule has 1 amide bonds. The fraction of sp³-hybridized carbons (Fsp3) is 0.276. The van der Waals surface area contributed by atoms with Crippen molar-refractivity contribution in [3.05, 3.63) is 99.2 Å². The van der Waals surface area contributed by atoms with Crippen molar-refractivity contribution >= 4 is 17.5 Å². The van der Waals surface area contributed by atoms with E-state index in [1.54, 1.807) is 24.3 Å². The van der Waals surface area contributed by atoms with E-state index in [1.165, 1.54) is 28.3 Å². The van der Waals surface area contributed by atoms with Gasteiger partial charge < -0.3 is 19.4 Å². The zero-order valence-electron chi connectivity index (χ0n) is 23.3. The Kier molecular flexibility index (Phi) is 7.75. The van der Waals surface area contributed by atoms with Crippen LogP contribution in [-0.2, 0) is 12.7 Å². The van der Waals surface area contributed by atoms with Gasteiger partial charge in [0.25, 0.3) is 11.5 Å². The Labute approximate surface area is 252 Å². The van der Waals surface area contributed by atoms with E-state index in [9.17, 15) is 27.2 Å². The number of fused-ring (bicyclic) bond motifs is 1. The van der Waals surface area contributed by atoms with Crippen LogP contribution in [0.1, 0.15) is 38.7 Å². The number of pyridine rings is 1. The number of nitrogens with zero attached hydrogens (tertiary/aromatic N) is 8. The van der Waals surface area contributed by atoms with E-state index < -0.39 is 40.9 Å². The largest absolute Gasteiger partial charge is 0.489 e. The van der Waals surface area contributed by atoms with Gasteiger partial charge in [-0.25, -0.2) is 20.1 Å². The molecule has 5 heterocycles. The van der Waals surface area contributed by atoms with Crippen LogP contribution in [0, 0.1) is 17.3 Å². The number of ether oxygens (including phenoxy) is 1. The van der Waals surface area contributed by atoms with Crippen molar-refractivity contribution < 1.29 is 27.1 Å². The number of hydrogen-bond acceptors (Lipinski definition) is 10. The topological polar surface area (TPSA) is 144 Å². The molecule has 230 valence electrons. The normalized spacial score (nSPS) is 16.3. The van der Waals surface area contributed by atoms with Gasteiger partial charge in [0, 0.05) is 32.7 Å². The van der Waals surface area contributed by atoms with Crippen LogP contribution < -0.4 is 20.1 Å². The Morgan fingerprint density at radius 1 is 1.07 bits per heavy atom. The highest BCUT2D eigenvalue weighted by molar-refractivity contribution is 5.94. The second-order valence-corrected chi connectivity index (χ2v) is 10.3. The minimum Gasteiger partial charge on any atom is -0.489 e. The Hall–Kier alpha value is -5.59. The summed E-state index contributed by atoms with van der Waals surface area (Å²) in [5, 5.41) is 14.4. The zero-order valence-corrected chi connectivity index (χ0v) is 23.3.